The van der Waals surface area contributed by atoms with E-state index in [1.54, 1.807) is 0 Å². The molecule has 3 N–H and O–H groups in total. The highest BCUT2D eigenvalue weighted by atomic mass is 32.2. The molecule has 0 amide bonds. The zero-order valence-electron chi connectivity index (χ0n) is 9.43. The van der Waals surface area contributed by atoms with E-state index >= 15 is 0 Å². The van der Waals surface area contributed by atoms with Gasteiger partial charge in [0.25, 0.3) is 5.60 Å². The van der Waals surface area contributed by atoms with Crippen LogP contribution in [0.25, 0.3) is 0 Å². The quantitative estimate of drug-likeness (QED) is 0.501. The molecule has 0 aromatic heterocycles. The Hall–Kier alpha value is -1.09. The Morgan fingerprint density at radius 1 is 1.05 bits per heavy atom. The van der Waals surface area contributed by atoms with Crippen molar-refractivity contribution < 1.29 is 31.4 Å². The number of halogens is 6. The highest BCUT2D eigenvalue weighted by Crippen LogP contribution is 2.50. The van der Waals surface area contributed by atoms with Crippen LogP contribution in [-0.4, -0.2) is 23.7 Å². The number of hydrogen-bond donors (Lipinski definition) is 2. The summed E-state index contributed by atoms with van der Waals surface area (Å²) in [5.74, 6) is 0. The number of benzene rings is 1. The average molecular weight is 305 g/mol. The fourth-order valence-corrected chi connectivity index (χ4v) is 1.97. The van der Waals surface area contributed by atoms with E-state index in [9.17, 15) is 26.3 Å². The number of nitrogen functional groups attached to an aromatic ring is 1. The summed E-state index contributed by atoms with van der Waals surface area (Å²) in [6, 6.07) is 1.99. The van der Waals surface area contributed by atoms with Crippen molar-refractivity contribution in [3.8, 4) is 0 Å². The van der Waals surface area contributed by atoms with Crippen LogP contribution in [0.2, 0.25) is 0 Å². The van der Waals surface area contributed by atoms with Gasteiger partial charge in [-0.2, -0.15) is 26.3 Å². The molecular weight excluding hydrogens is 296 g/mol. The van der Waals surface area contributed by atoms with E-state index < -0.39 is 23.5 Å². The Bertz CT molecular complexity index is 456. The molecule has 0 saturated heterocycles. The van der Waals surface area contributed by atoms with Crippen LogP contribution < -0.4 is 5.73 Å². The Balaban J connectivity index is 3.52. The summed E-state index contributed by atoms with van der Waals surface area (Å²) in [6.45, 7) is 0. The molecule has 2 nitrogen and oxygen atoms in total. The van der Waals surface area contributed by atoms with Gasteiger partial charge in [-0.3, -0.25) is 0 Å². The third kappa shape index (κ3) is 2.62. The average Bonchev–Trinajstić information content (AvgIpc) is 2.25. The first kappa shape index (κ1) is 16.0. The largest absolute Gasteiger partial charge is 0.430 e. The normalized spacial score (nSPS) is 13.7. The summed E-state index contributed by atoms with van der Waals surface area (Å²) in [4.78, 5) is 0.0180. The van der Waals surface area contributed by atoms with Gasteiger partial charge < -0.3 is 10.8 Å². The van der Waals surface area contributed by atoms with Gasteiger partial charge in [0.05, 0.1) is 0 Å². The third-order valence-electron chi connectivity index (χ3n) is 2.47. The molecule has 0 fully saturated rings. The van der Waals surface area contributed by atoms with Gasteiger partial charge >= 0.3 is 12.4 Å². The smallest absolute Gasteiger partial charge is 0.398 e. The predicted octanol–water partition coefficient (Wildman–Crippen LogP) is 3.30. The molecule has 0 aliphatic carbocycles. The Morgan fingerprint density at radius 3 is 1.89 bits per heavy atom. The van der Waals surface area contributed by atoms with Crippen molar-refractivity contribution in [2.75, 3.05) is 12.0 Å². The lowest BCUT2D eigenvalue weighted by Gasteiger charge is -2.33. The van der Waals surface area contributed by atoms with Gasteiger partial charge in [0.2, 0.25) is 0 Å². The van der Waals surface area contributed by atoms with Crippen LogP contribution in [0.1, 0.15) is 5.56 Å². The Morgan fingerprint density at radius 2 is 1.53 bits per heavy atom. The number of hydrogen-bond acceptors (Lipinski definition) is 3. The molecular formula is C10H9F6NOS. The van der Waals surface area contributed by atoms with Crippen LogP contribution in [0, 0.1) is 0 Å². The molecule has 19 heavy (non-hydrogen) atoms. The van der Waals surface area contributed by atoms with Crippen LogP contribution in [-0.2, 0) is 5.60 Å². The number of nitrogens with two attached hydrogens (primary N) is 1. The maximum absolute atomic E-state index is 12.6. The summed E-state index contributed by atoms with van der Waals surface area (Å²) < 4.78 is 75.7. The van der Waals surface area contributed by atoms with Gasteiger partial charge in [-0.1, -0.05) is 6.07 Å². The number of anilines is 1. The van der Waals surface area contributed by atoms with E-state index in [1.807, 2.05) is 0 Å². The number of alkyl halides is 6. The van der Waals surface area contributed by atoms with Gasteiger partial charge in [0.15, 0.2) is 0 Å². The van der Waals surface area contributed by atoms with Crippen molar-refractivity contribution in [3.05, 3.63) is 23.8 Å². The fraction of sp³-hybridized carbons (Fsp3) is 0.400. The summed E-state index contributed by atoms with van der Waals surface area (Å²) in [6.07, 6.45) is -10.3. The highest BCUT2D eigenvalue weighted by molar-refractivity contribution is 7.98. The van der Waals surface area contributed by atoms with Crippen LogP contribution in [0.5, 0.6) is 0 Å². The zero-order chi connectivity index (χ0) is 15.1. The molecule has 1 aromatic rings. The van der Waals surface area contributed by atoms with E-state index in [-0.39, 0.29) is 10.6 Å². The van der Waals surface area contributed by atoms with Crippen molar-refractivity contribution >= 4 is 17.4 Å². The fourth-order valence-electron chi connectivity index (χ4n) is 1.42. The predicted molar refractivity (Wildman–Crippen MR) is 58.6 cm³/mol. The summed E-state index contributed by atoms with van der Waals surface area (Å²) in [7, 11) is 0. The van der Waals surface area contributed by atoms with E-state index in [0.717, 1.165) is 17.8 Å². The number of aliphatic hydroxyl groups is 1. The topological polar surface area (TPSA) is 46.2 Å². The molecule has 0 saturated carbocycles. The second-order valence-electron chi connectivity index (χ2n) is 3.66. The molecule has 0 aliphatic heterocycles. The Labute approximate surface area is 108 Å². The van der Waals surface area contributed by atoms with Crippen LogP contribution in [0.3, 0.4) is 0 Å². The molecule has 0 spiro atoms. The minimum Gasteiger partial charge on any atom is -0.398 e. The van der Waals surface area contributed by atoms with Gasteiger partial charge in [-0.15, -0.1) is 11.8 Å². The Kier molecular flexibility index (Phi) is 4.02. The first-order valence-electron chi connectivity index (χ1n) is 4.75. The molecule has 0 atom stereocenters. The van der Waals surface area contributed by atoms with Gasteiger partial charge in [0, 0.05) is 16.1 Å². The van der Waals surface area contributed by atoms with Gasteiger partial charge in [0.1, 0.15) is 0 Å². The van der Waals surface area contributed by atoms with Gasteiger partial charge in [-0.05, 0) is 18.4 Å². The number of thioether (sulfide) groups is 1. The van der Waals surface area contributed by atoms with Crippen molar-refractivity contribution in [1.29, 1.82) is 0 Å². The van der Waals surface area contributed by atoms with Crippen LogP contribution in [0.4, 0.5) is 32.0 Å². The minimum atomic E-state index is -5.89. The molecule has 1 rings (SSSR count). The molecule has 9 heteroatoms. The van der Waals surface area contributed by atoms with Crippen molar-refractivity contribution in [3.63, 3.8) is 0 Å². The summed E-state index contributed by atoms with van der Waals surface area (Å²) in [5.41, 5.74) is -0.805. The maximum Gasteiger partial charge on any atom is 0.430 e. The van der Waals surface area contributed by atoms with Crippen LogP contribution >= 0.6 is 11.8 Å². The number of rotatable bonds is 2. The molecule has 0 unspecified atom stereocenters. The molecule has 0 heterocycles. The zero-order valence-corrected chi connectivity index (χ0v) is 10.2. The maximum atomic E-state index is 12.6. The second kappa shape index (κ2) is 4.78. The second-order valence-corrected chi connectivity index (χ2v) is 4.51. The van der Waals surface area contributed by atoms with E-state index in [2.05, 4.69) is 0 Å². The first-order valence-corrected chi connectivity index (χ1v) is 5.97. The molecule has 1 aromatic carbocycles. The lowest BCUT2D eigenvalue weighted by atomic mass is 9.92. The highest BCUT2D eigenvalue weighted by Gasteiger charge is 2.71. The molecule has 108 valence electrons. The van der Waals surface area contributed by atoms with Crippen molar-refractivity contribution in [1.82, 2.24) is 0 Å². The summed E-state index contributed by atoms with van der Waals surface area (Å²) in [5, 5.41) is 9.17. The standard InChI is InChI=1S/C10H9F6NOS/c1-19-7-4-5(2-3-6(7)17)8(18,9(11,12)13)10(14,15)16/h2-4,18H,17H2,1H3. The lowest BCUT2D eigenvalue weighted by Crippen LogP contribution is -2.53. The van der Waals surface area contributed by atoms with Crippen molar-refractivity contribution in [2.24, 2.45) is 0 Å². The first-order chi connectivity index (χ1) is 8.45. The molecule has 0 radical (unpaired) electrons. The van der Waals surface area contributed by atoms with Gasteiger partial charge in [-0.25, -0.2) is 0 Å². The third-order valence-corrected chi connectivity index (χ3v) is 3.27. The molecule has 0 bridgehead atoms. The summed E-state index contributed by atoms with van der Waals surface area (Å²) >= 11 is 0.876. The SMILES string of the molecule is CSc1cc(C(O)(C(F)(F)F)C(F)(F)F)ccc1N. The minimum absolute atomic E-state index is 0.0180. The van der Waals surface area contributed by atoms with E-state index in [1.165, 1.54) is 6.26 Å². The van der Waals surface area contributed by atoms with E-state index in [4.69, 9.17) is 10.8 Å². The van der Waals surface area contributed by atoms with Crippen molar-refractivity contribution in [2.45, 2.75) is 22.8 Å². The molecule has 0 aliphatic rings. The monoisotopic (exact) mass is 305 g/mol. The van der Waals surface area contributed by atoms with Crippen LogP contribution in [0.15, 0.2) is 23.1 Å². The van der Waals surface area contributed by atoms with E-state index in [0.29, 0.717) is 12.1 Å². The lowest BCUT2D eigenvalue weighted by molar-refractivity contribution is -0.376.